The molecule has 1 heterocycles. The minimum absolute atomic E-state index is 0.0129. The van der Waals surface area contributed by atoms with E-state index in [4.69, 9.17) is 14.8 Å². The molecular weight excluding hydrogens is 482 g/mol. The second-order valence-electron chi connectivity index (χ2n) is 9.37. The Bertz CT molecular complexity index is 1490. The molecule has 0 spiro atoms. The fourth-order valence-corrected chi connectivity index (χ4v) is 4.28. The first kappa shape index (κ1) is 26.6. The van der Waals surface area contributed by atoms with Gasteiger partial charge >= 0.3 is 11.9 Å². The maximum absolute atomic E-state index is 12.0. The van der Waals surface area contributed by atoms with Crippen molar-refractivity contribution < 1.29 is 24.5 Å². The normalized spacial score (nSPS) is 11.7. The summed E-state index contributed by atoms with van der Waals surface area (Å²) in [6, 6.07) is 20.5. The smallest absolute Gasteiger partial charge is 0.337 e. The number of carbonyl (C=O) groups is 2. The molecule has 4 aromatic rings. The third-order valence-corrected chi connectivity index (χ3v) is 6.29. The van der Waals surface area contributed by atoms with Crippen LogP contribution in [0.4, 0.5) is 5.69 Å². The molecule has 0 radical (unpaired) electrons. The number of nitrogens with one attached hydrogen (secondary N) is 1. The summed E-state index contributed by atoms with van der Waals surface area (Å²) in [4.78, 5) is 33.2. The number of carbonyl (C=O) groups excluding carboxylic acids is 1. The number of carboxylic acids is 1. The molecule has 0 saturated heterocycles. The number of aromatic nitrogens is 1. The molecule has 0 aliphatic heterocycles. The lowest BCUT2D eigenvalue weighted by atomic mass is 9.97. The Morgan fingerprint density at radius 2 is 1.71 bits per heavy atom. The first-order valence-electron chi connectivity index (χ1n) is 12.3. The van der Waals surface area contributed by atoms with Gasteiger partial charge in [0, 0.05) is 29.4 Å². The van der Waals surface area contributed by atoms with Crippen molar-refractivity contribution in [1.82, 2.24) is 9.88 Å². The third-order valence-electron chi connectivity index (χ3n) is 6.29. The topological polar surface area (TPSA) is 115 Å². The van der Waals surface area contributed by atoms with E-state index < -0.39 is 11.9 Å². The first-order valence-corrected chi connectivity index (χ1v) is 12.3. The molecule has 0 aliphatic carbocycles. The molecule has 8 heteroatoms. The molecule has 0 bridgehead atoms. The SMILES string of the molecule is COC(=O)c1ccc2c(C(=Nc3ccc(CCN(C)C)cc3)c3cccc(CCC(=O)O)c3)c(O)[nH]c2c1. The zero-order valence-corrected chi connectivity index (χ0v) is 21.7. The van der Waals surface area contributed by atoms with Crippen LogP contribution >= 0.6 is 0 Å². The van der Waals surface area contributed by atoms with Crippen LogP contribution in [0.3, 0.4) is 0 Å². The molecule has 4 rings (SSSR count). The molecular formula is C30H31N3O5. The summed E-state index contributed by atoms with van der Waals surface area (Å²) in [5, 5.41) is 20.8. The van der Waals surface area contributed by atoms with Crippen LogP contribution in [0.15, 0.2) is 71.7 Å². The standard InChI is InChI=1S/C30H31N3O5/c1-33(2)16-15-19-7-11-23(12-8-19)31-28(21-6-4-5-20(17-21)9-14-26(34)35)27-24-13-10-22(30(37)38-3)18-25(24)32-29(27)36/h4-8,10-13,17-18,32,36H,9,14-16H2,1-3H3,(H,34,35). The molecule has 0 amide bonds. The van der Waals surface area contributed by atoms with E-state index in [0.717, 1.165) is 24.1 Å². The van der Waals surface area contributed by atoms with Crippen LogP contribution in [0.25, 0.3) is 10.9 Å². The number of ether oxygens (including phenoxy) is 1. The van der Waals surface area contributed by atoms with Crippen LogP contribution in [-0.4, -0.2) is 65.5 Å². The van der Waals surface area contributed by atoms with Gasteiger partial charge in [0.15, 0.2) is 5.88 Å². The largest absolute Gasteiger partial charge is 0.494 e. The number of aromatic hydroxyl groups is 1. The maximum Gasteiger partial charge on any atom is 0.337 e. The van der Waals surface area contributed by atoms with E-state index in [2.05, 4.69) is 9.88 Å². The van der Waals surface area contributed by atoms with Gasteiger partial charge in [-0.2, -0.15) is 0 Å². The number of aryl methyl sites for hydroxylation is 1. The number of rotatable bonds is 10. The molecule has 0 atom stereocenters. The van der Waals surface area contributed by atoms with Crippen LogP contribution < -0.4 is 0 Å². The number of H-pyrrole nitrogens is 1. The number of benzene rings is 3. The Morgan fingerprint density at radius 3 is 2.39 bits per heavy atom. The zero-order valence-electron chi connectivity index (χ0n) is 21.7. The van der Waals surface area contributed by atoms with E-state index in [9.17, 15) is 14.7 Å². The summed E-state index contributed by atoms with van der Waals surface area (Å²) < 4.78 is 4.83. The average Bonchev–Trinajstić information content (AvgIpc) is 3.24. The van der Waals surface area contributed by atoms with E-state index >= 15 is 0 Å². The summed E-state index contributed by atoms with van der Waals surface area (Å²) >= 11 is 0. The molecule has 3 aromatic carbocycles. The van der Waals surface area contributed by atoms with Crippen LogP contribution in [0.5, 0.6) is 5.88 Å². The fourth-order valence-electron chi connectivity index (χ4n) is 4.28. The van der Waals surface area contributed by atoms with E-state index in [-0.39, 0.29) is 12.3 Å². The van der Waals surface area contributed by atoms with Crippen molar-refractivity contribution in [2.75, 3.05) is 27.7 Å². The lowest BCUT2D eigenvalue weighted by molar-refractivity contribution is -0.136. The number of aromatic amines is 1. The number of carboxylic acid groups (broad SMARTS) is 1. The number of hydrogen-bond acceptors (Lipinski definition) is 6. The number of nitrogens with zero attached hydrogens (tertiary/aromatic N) is 2. The van der Waals surface area contributed by atoms with Gasteiger partial charge in [-0.3, -0.25) is 4.79 Å². The minimum atomic E-state index is -0.866. The van der Waals surface area contributed by atoms with Crippen molar-refractivity contribution in [1.29, 1.82) is 0 Å². The van der Waals surface area contributed by atoms with Gasteiger partial charge in [0.05, 0.1) is 29.6 Å². The molecule has 0 aliphatic rings. The Kier molecular flexibility index (Phi) is 8.23. The van der Waals surface area contributed by atoms with Crippen molar-refractivity contribution in [2.24, 2.45) is 4.99 Å². The Hall–Kier alpha value is -4.43. The number of fused-ring (bicyclic) bond motifs is 1. The van der Waals surface area contributed by atoms with Crippen LogP contribution in [-0.2, 0) is 22.4 Å². The Labute approximate surface area is 221 Å². The van der Waals surface area contributed by atoms with Gasteiger partial charge < -0.3 is 24.8 Å². The summed E-state index contributed by atoms with van der Waals surface area (Å²) in [6.45, 7) is 0.938. The van der Waals surface area contributed by atoms with Crippen molar-refractivity contribution in [3.63, 3.8) is 0 Å². The number of methoxy groups -OCH3 is 1. The highest BCUT2D eigenvalue weighted by Crippen LogP contribution is 2.32. The molecule has 0 unspecified atom stereocenters. The van der Waals surface area contributed by atoms with E-state index in [1.54, 1.807) is 18.2 Å². The average molecular weight is 514 g/mol. The molecule has 0 saturated carbocycles. The third kappa shape index (κ3) is 6.27. The van der Waals surface area contributed by atoms with Gasteiger partial charge in [-0.1, -0.05) is 36.4 Å². The van der Waals surface area contributed by atoms with E-state index in [0.29, 0.717) is 39.8 Å². The van der Waals surface area contributed by atoms with Gasteiger partial charge in [-0.05, 0) is 68.4 Å². The van der Waals surface area contributed by atoms with Gasteiger partial charge in [-0.15, -0.1) is 0 Å². The minimum Gasteiger partial charge on any atom is -0.494 e. The van der Waals surface area contributed by atoms with Gasteiger partial charge in [0.25, 0.3) is 0 Å². The number of likely N-dealkylation sites (N-methyl/N-ethyl adjacent to an activating group) is 1. The van der Waals surface area contributed by atoms with Crippen molar-refractivity contribution in [2.45, 2.75) is 19.3 Å². The Morgan fingerprint density at radius 1 is 0.947 bits per heavy atom. The predicted octanol–water partition coefficient (Wildman–Crippen LogP) is 4.95. The molecule has 8 nitrogen and oxygen atoms in total. The maximum atomic E-state index is 12.0. The van der Waals surface area contributed by atoms with Crippen LogP contribution in [0.1, 0.15) is 39.0 Å². The van der Waals surface area contributed by atoms with Crippen molar-refractivity contribution in [3.8, 4) is 5.88 Å². The fraction of sp³-hybridized carbons (Fsp3) is 0.233. The molecule has 3 N–H and O–H groups in total. The quantitative estimate of drug-likeness (QED) is 0.204. The zero-order chi connectivity index (χ0) is 27.2. The number of esters is 1. The molecule has 0 fully saturated rings. The van der Waals surface area contributed by atoms with Gasteiger partial charge in [-0.25, -0.2) is 9.79 Å². The highest BCUT2D eigenvalue weighted by atomic mass is 16.5. The summed E-state index contributed by atoms with van der Waals surface area (Å²) in [5.41, 5.74) is 5.43. The number of aliphatic imine (C=N–C) groups is 1. The molecule has 196 valence electrons. The molecule has 1 aromatic heterocycles. The summed E-state index contributed by atoms with van der Waals surface area (Å²) in [5.74, 6) is -1.43. The lowest BCUT2D eigenvalue weighted by Crippen LogP contribution is -2.14. The second kappa shape index (κ2) is 11.7. The van der Waals surface area contributed by atoms with Crippen LogP contribution in [0, 0.1) is 0 Å². The van der Waals surface area contributed by atoms with Gasteiger partial charge in [0.1, 0.15) is 0 Å². The highest BCUT2D eigenvalue weighted by Gasteiger charge is 2.20. The lowest BCUT2D eigenvalue weighted by Gasteiger charge is -2.11. The monoisotopic (exact) mass is 513 g/mol. The first-order chi connectivity index (χ1) is 18.2. The number of aliphatic carboxylic acids is 1. The number of hydrogen-bond donors (Lipinski definition) is 3. The van der Waals surface area contributed by atoms with Gasteiger partial charge in [0.2, 0.25) is 0 Å². The van der Waals surface area contributed by atoms with E-state index in [1.807, 2.05) is 62.6 Å². The molecule has 38 heavy (non-hydrogen) atoms. The van der Waals surface area contributed by atoms with Crippen molar-refractivity contribution >= 4 is 34.2 Å². The Balaban J connectivity index is 1.82. The summed E-state index contributed by atoms with van der Waals surface area (Å²) in [7, 11) is 5.40. The predicted molar refractivity (Wildman–Crippen MR) is 148 cm³/mol. The van der Waals surface area contributed by atoms with Crippen molar-refractivity contribution in [3.05, 3.63) is 94.5 Å². The highest BCUT2D eigenvalue weighted by molar-refractivity contribution is 6.22. The van der Waals surface area contributed by atoms with Crippen LogP contribution in [0.2, 0.25) is 0 Å². The second-order valence-corrected chi connectivity index (χ2v) is 9.37. The van der Waals surface area contributed by atoms with E-state index in [1.165, 1.54) is 12.7 Å². The summed E-state index contributed by atoms with van der Waals surface area (Å²) in [6.07, 6.45) is 1.31.